The van der Waals surface area contributed by atoms with Gasteiger partial charge in [0.1, 0.15) is 12.7 Å². The number of hydrogen-bond acceptors (Lipinski definition) is 4. The molecule has 0 amide bonds. The summed E-state index contributed by atoms with van der Waals surface area (Å²) in [5.41, 5.74) is 0. The van der Waals surface area contributed by atoms with Crippen LogP contribution in [0.4, 0.5) is 0 Å². The molecular formula is C3H6B2O4. The molecule has 0 aliphatic heterocycles. The number of rotatable bonds is 5. The molecule has 4 radical (unpaired) electrons. The van der Waals surface area contributed by atoms with E-state index in [1.807, 2.05) is 0 Å². The zero-order chi connectivity index (χ0) is 7.11. The summed E-state index contributed by atoms with van der Waals surface area (Å²) in [5, 5.41) is 0. The van der Waals surface area contributed by atoms with E-state index in [-0.39, 0.29) is 12.7 Å². The Morgan fingerprint density at radius 1 is 1.33 bits per heavy atom. The van der Waals surface area contributed by atoms with Gasteiger partial charge in [-0.3, -0.25) is 4.89 Å². The minimum absolute atomic E-state index is 0.160. The van der Waals surface area contributed by atoms with Crippen LogP contribution in [0, 0.1) is 0 Å². The third-order valence-corrected chi connectivity index (χ3v) is 0.591. The van der Waals surface area contributed by atoms with Crippen LogP contribution in [0.2, 0.25) is 0 Å². The van der Waals surface area contributed by atoms with Gasteiger partial charge in [0.05, 0.1) is 0 Å². The van der Waals surface area contributed by atoms with Crippen molar-refractivity contribution in [1.29, 1.82) is 0 Å². The fourth-order valence-corrected chi connectivity index (χ4v) is 0.258. The van der Waals surface area contributed by atoms with Gasteiger partial charge in [0.25, 0.3) is 0 Å². The average Bonchev–Trinajstić information content (AvgIpc) is 1.85. The lowest BCUT2D eigenvalue weighted by Gasteiger charge is -2.08. The van der Waals surface area contributed by atoms with Gasteiger partial charge in [-0.15, -0.1) is 0 Å². The van der Waals surface area contributed by atoms with E-state index in [0.717, 1.165) is 0 Å². The van der Waals surface area contributed by atoms with Crippen LogP contribution in [0.5, 0.6) is 0 Å². The predicted molar refractivity (Wildman–Crippen MR) is 30.2 cm³/mol. The van der Waals surface area contributed by atoms with Crippen LogP contribution in [0.15, 0.2) is 0 Å². The van der Waals surface area contributed by atoms with E-state index < -0.39 is 0 Å². The Hall–Kier alpha value is -0.0301. The van der Waals surface area contributed by atoms with Crippen LogP contribution in [0.1, 0.15) is 6.92 Å². The second-order valence-electron chi connectivity index (χ2n) is 1.38. The van der Waals surface area contributed by atoms with Gasteiger partial charge in [0.2, 0.25) is 0 Å². The summed E-state index contributed by atoms with van der Waals surface area (Å²) in [5.74, 6) is 0. The summed E-state index contributed by atoms with van der Waals surface area (Å²) in [6.45, 7) is 1.83. The van der Waals surface area contributed by atoms with Crippen LogP contribution in [0.3, 0.4) is 0 Å². The fourth-order valence-electron chi connectivity index (χ4n) is 0.258. The van der Waals surface area contributed by atoms with E-state index >= 15 is 0 Å². The molecule has 6 heteroatoms. The third kappa shape index (κ3) is 5.85. The third-order valence-electron chi connectivity index (χ3n) is 0.591. The summed E-state index contributed by atoms with van der Waals surface area (Å²) in [6, 6.07) is 0. The first-order valence-electron chi connectivity index (χ1n) is 2.31. The summed E-state index contributed by atoms with van der Waals surface area (Å²) in [6.07, 6.45) is -0.307. The first kappa shape index (κ1) is 8.97. The Morgan fingerprint density at radius 2 is 2.00 bits per heavy atom. The van der Waals surface area contributed by atoms with Crippen LogP contribution >= 0.6 is 0 Å². The monoisotopic (exact) mass is 128 g/mol. The zero-order valence-corrected chi connectivity index (χ0v) is 5.07. The van der Waals surface area contributed by atoms with Gasteiger partial charge >= 0.3 is 16.1 Å². The molecule has 4 nitrogen and oxygen atoms in total. The molecule has 9 heavy (non-hydrogen) atoms. The van der Waals surface area contributed by atoms with Crippen molar-refractivity contribution in [3.63, 3.8) is 0 Å². The second kappa shape index (κ2) is 6.10. The molecule has 0 N–H and O–H groups in total. The standard InChI is InChI=1S/C3H6B2O4/c1-3(7-9-5)2-6-8-4/h3H,2H2,1H3. The highest BCUT2D eigenvalue weighted by molar-refractivity contribution is 5.97. The molecule has 0 aliphatic carbocycles. The Balaban J connectivity index is 2.95. The molecule has 0 aromatic heterocycles. The molecule has 0 spiro atoms. The molecular weight excluding hydrogens is 122 g/mol. The van der Waals surface area contributed by atoms with E-state index in [4.69, 9.17) is 0 Å². The normalized spacial score (nSPS) is 13.4. The Bertz CT molecular complexity index is 61.8. The molecule has 0 bridgehead atoms. The smallest absolute Gasteiger partial charge is 0.318 e. The first-order valence-corrected chi connectivity index (χ1v) is 2.31. The summed E-state index contributed by atoms with van der Waals surface area (Å²) in [4.78, 5) is 16.2. The van der Waals surface area contributed by atoms with Gasteiger partial charge in [0, 0.05) is 0 Å². The van der Waals surface area contributed by atoms with Gasteiger partial charge in [-0.2, -0.15) is 0 Å². The van der Waals surface area contributed by atoms with Gasteiger partial charge in [-0.1, -0.05) is 0 Å². The molecule has 1 unspecified atom stereocenters. The maximum Gasteiger partial charge on any atom is 0.338 e. The topological polar surface area (TPSA) is 36.9 Å². The summed E-state index contributed by atoms with van der Waals surface area (Å²) < 4.78 is 0. The van der Waals surface area contributed by atoms with E-state index in [1.165, 1.54) is 0 Å². The van der Waals surface area contributed by atoms with Crippen LogP contribution in [0.25, 0.3) is 0 Å². The zero-order valence-electron chi connectivity index (χ0n) is 5.07. The number of hydrogen-bond donors (Lipinski definition) is 0. The highest BCUT2D eigenvalue weighted by Crippen LogP contribution is 1.90. The highest BCUT2D eigenvalue weighted by atomic mass is 17.2. The van der Waals surface area contributed by atoms with Gasteiger partial charge in [-0.05, 0) is 6.92 Å². The largest absolute Gasteiger partial charge is 0.338 e. The SMILES string of the molecule is [B]OOCC(C)OO[B]. The molecule has 0 fully saturated rings. The Labute approximate surface area is 56.2 Å². The average molecular weight is 128 g/mol. The molecule has 0 aliphatic rings. The van der Waals surface area contributed by atoms with Crippen molar-refractivity contribution < 1.29 is 19.4 Å². The van der Waals surface area contributed by atoms with Crippen LogP contribution in [-0.4, -0.2) is 28.8 Å². The molecule has 0 aromatic rings. The molecule has 0 heterocycles. The van der Waals surface area contributed by atoms with E-state index in [0.29, 0.717) is 0 Å². The Kier molecular flexibility index (Phi) is 6.07. The van der Waals surface area contributed by atoms with Crippen LogP contribution in [-0.2, 0) is 19.4 Å². The summed E-state index contributed by atoms with van der Waals surface area (Å²) >= 11 is 0. The fraction of sp³-hybridized carbons (Fsp3) is 1.00. The molecule has 1 atom stereocenters. The molecule has 0 rings (SSSR count). The maximum atomic E-state index is 4.55. The summed E-state index contributed by atoms with van der Waals surface area (Å²) in [7, 11) is 9.07. The highest BCUT2D eigenvalue weighted by Gasteiger charge is 2.00. The maximum absolute atomic E-state index is 4.55. The van der Waals surface area contributed by atoms with Gasteiger partial charge < -0.3 is 9.61 Å². The van der Waals surface area contributed by atoms with Gasteiger partial charge in [-0.25, -0.2) is 4.89 Å². The van der Waals surface area contributed by atoms with Crippen molar-refractivity contribution in [2.75, 3.05) is 6.61 Å². The first-order chi connectivity index (χ1) is 4.31. The van der Waals surface area contributed by atoms with Crippen molar-refractivity contribution in [3.05, 3.63) is 0 Å². The lowest BCUT2D eigenvalue weighted by molar-refractivity contribution is -0.288. The minimum Gasteiger partial charge on any atom is -0.318 e. The minimum atomic E-state index is -0.307. The van der Waals surface area contributed by atoms with Crippen LogP contribution < -0.4 is 0 Å². The Morgan fingerprint density at radius 3 is 2.44 bits per heavy atom. The lowest BCUT2D eigenvalue weighted by Crippen LogP contribution is -2.15. The van der Waals surface area contributed by atoms with Crippen molar-refractivity contribution in [2.45, 2.75) is 13.0 Å². The molecule has 0 aromatic carbocycles. The van der Waals surface area contributed by atoms with Crippen molar-refractivity contribution >= 4 is 16.1 Å². The van der Waals surface area contributed by atoms with E-state index in [1.54, 1.807) is 6.92 Å². The van der Waals surface area contributed by atoms with E-state index in [2.05, 4.69) is 35.5 Å². The van der Waals surface area contributed by atoms with Gasteiger partial charge in [0.15, 0.2) is 0 Å². The van der Waals surface area contributed by atoms with E-state index in [9.17, 15) is 0 Å². The van der Waals surface area contributed by atoms with Crippen molar-refractivity contribution in [2.24, 2.45) is 0 Å². The molecule has 0 saturated heterocycles. The second-order valence-corrected chi connectivity index (χ2v) is 1.38. The lowest BCUT2D eigenvalue weighted by atomic mass is 10.4. The predicted octanol–water partition coefficient (Wildman–Crippen LogP) is -0.562. The van der Waals surface area contributed by atoms with Crippen molar-refractivity contribution in [1.82, 2.24) is 0 Å². The van der Waals surface area contributed by atoms with Crippen molar-refractivity contribution in [3.8, 4) is 0 Å². The molecule has 48 valence electrons. The molecule has 0 saturated carbocycles. The quantitative estimate of drug-likeness (QED) is 0.282.